The molecular formula is C18H37NO2. The summed E-state index contributed by atoms with van der Waals surface area (Å²) in [6, 6.07) is -0.460. The molecule has 0 aliphatic carbocycles. The predicted molar refractivity (Wildman–Crippen MR) is 90.2 cm³/mol. The van der Waals surface area contributed by atoms with Gasteiger partial charge in [0.25, 0.3) is 0 Å². The second kappa shape index (κ2) is 14.4. The molecular weight excluding hydrogens is 262 g/mol. The summed E-state index contributed by atoms with van der Waals surface area (Å²) in [5.41, 5.74) is 5.83. The Morgan fingerprint density at radius 2 is 1.38 bits per heavy atom. The predicted octanol–water partition coefficient (Wildman–Crippen LogP) is 4.82. The molecule has 0 saturated carbocycles. The van der Waals surface area contributed by atoms with Crippen LogP contribution in [0, 0.1) is 5.92 Å². The van der Waals surface area contributed by atoms with Gasteiger partial charge in [0.05, 0.1) is 6.61 Å². The summed E-state index contributed by atoms with van der Waals surface area (Å²) in [5.74, 6) is -0.0366. The van der Waals surface area contributed by atoms with Crippen molar-refractivity contribution < 1.29 is 9.53 Å². The second-order valence-electron chi connectivity index (χ2n) is 6.26. The van der Waals surface area contributed by atoms with E-state index in [-0.39, 0.29) is 11.9 Å². The Kier molecular flexibility index (Phi) is 14.0. The molecule has 0 heterocycles. The first-order chi connectivity index (χ1) is 10.1. The fourth-order valence-corrected chi connectivity index (χ4v) is 2.34. The molecule has 0 aliphatic rings. The molecule has 0 aliphatic heterocycles. The summed E-state index contributed by atoms with van der Waals surface area (Å²) < 4.78 is 5.23. The van der Waals surface area contributed by atoms with E-state index in [1.807, 2.05) is 13.8 Å². The molecule has 1 unspecified atom stereocenters. The standard InChI is InChI=1S/C18H37NO2/c1-4-6-7-8-9-10-11-12-13-14-15-21-18(20)17(19)16(3)5-2/h16-17H,4-15,19H2,1-3H3/t16?,17-/m0/s1. The lowest BCUT2D eigenvalue weighted by atomic mass is 10.0. The Balaban J connectivity index is 3.30. The van der Waals surface area contributed by atoms with Crippen LogP contribution in [0.15, 0.2) is 0 Å². The van der Waals surface area contributed by atoms with Crippen LogP contribution >= 0.6 is 0 Å². The summed E-state index contributed by atoms with van der Waals surface area (Å²) in [6.45, 7) is 6.81. The summed E-state index contributed by atoms with van der Waals surface area (Å²) in [6.07, 6.45) is 13.8. The zero-order valence-electron chi connectivity index (χ0n) is 14.5. The highest BCUT2D eigenvalue weighted by atomic mass is 16.5. The van der Waals surface area contributed by atoms with E-state index in [9.17, 15) is 4.79 Å². The number of hydrogen-bond acceptors (Lipinski definition) is 3. The van der Waals surface area contributed by atoms with E-state index in [2.05, 4.69) is 6.92 Å². The lowest BCUT2D eigenvalue weighted by Gasteiger charge is -2.16. The van der Waals surface area contributed by atoms with Crippen molar-refractivity contribution in [3.63, 3.8) is 0 Å². The van der Waals surface area contributed by atoms with Crippen LogP contribution in [-0.4, -0.2) is 18.6 Å². The van der Waals surface area contributed by atoms with E-state index in [1.165, 1.54) is 51.4 Å². The fourth-order valence-electron chi connectivity index (χ4n) is 2.34. The largest absolute Gasteiger partial charge is 0.465 e. The van der Waals surface area contributed by atoms with Crippen molar-refractivity contribution in [1.82, 2.24) is 0 Å². The number of rotatable bonds is 14. The van der Waals surface area contributed by atoms with Crippen LogP contribution < -0.4 is 5.73 Å². The van der Waals surface area contributed by atoms with E-state index >= 15 is 0 Å². The van der Waals surface area contributed by atoms with Gasteiger partial charge in [-0.15, -0.1) is 0 Å². The molecule has 3 nitrogen and oxygen atoms in total. The summed E-state index contributed by atoms with van der Waals surface area (Å²) in [5, 5.41) is 0. The minimum absolute atomic E-state index is 0.199. The van der Waals surface area contributed by atoms with Crippen LogP contribution in [0.4, 0.5) is 0 Å². The molecule has 0 amide bonds. The Bertz CT molecular complexity index is 243. The number of carbonyl (C=O) groups is 1. The molecule has 0 spiro atoms. The molecule has 0 aromatic carbocycles. The van der Waals surface area contributed by atoms with Gasteiger partial charge in [-0.3, -0.25) is 4.79 Å². The van der Waals surface area contributed by atoms with Crippen molar-refractivity contribution in [2.75, 3.05) is 6.61 Å². The zero-order valence-corrected chi connectivity index (χ0v) is 14.5. The summed E-state index contributed by atoms with van der Waals surface area (Å²) in [7, 11) is 0. The number of hydrogen-bond donors (Lipinski definition) is 1. The quantitative estimate of drug-likeness (QED) is 0.369. The van der Waals surface area contributed by atoms with Gasteiger partial charge in [-0.05, 0) is 12.3 Å². The monoisotopic (exact) mass is 299 g/mol. The first-order valence-electron chi connectivity index (χ1n) is 9.05. The highest BCUT2D eigenvalue weighted by Crippen LogP contribution is 2.11. The maximum absolute atomic E-state index is 11.7. The fraction of sp³-hybridized carbons (Fsp3) is 0.944. The molecule has 0 rings (SSSR count). The van der Waals surface area contributed by atoms with E-state index in [4.69, 9.17) is 10.5 Å². The first-order valence-corrected chi connectivity index (χ1v) is 9.05. The van der Waals surface area contributed by atoms with Crippen molar-refractivity contribution in [2.24, 2.45) is 11.7 Å². The summed E-state index contributed by atoms with van der Waals surface area (Å²) in [4.78, 5) is 11.7. The molecule has 0 saturated heterocycles. The number of ether oxygens (including phenoxy) is 1. The van der Waals surface area contributed by atoms with Crippen molar-refractivity contribution in [3.8, 4) is 0 Å². The molecule has 0 aromatic heterocycles. The molecule has 2 atom stereocenters. The van der Waals surface area contributed by atoms with Gasteiger partial charge in [0, 0.05) is 0 Å². The van der Waals surface area contributed by atoms with Crippen LogP contribution in [-0.2, 0) is 9.53 Å². The van der Waals surface area contributed by atoms with Crippen molar-refractivity contribution in [2.45, 2.75) is 97.4 Å². The van der Waals surface area contributed by atoms with Crippen molar-refractivity contribution in [3.05, 3.63) is 0 Å². The van der Waals surface area contributed by atoms with Gasteiger partial charge in [-0.1, -0.05) is 85.0 Å². The first kappa shape index (κ1) is 20.4. The minimum atomic E-state index is -0.460. The number of unbranched alkanes of at least 4 members (excludes halogenated alkanes) is 9. The smallest absolute Gasteiger partial charge is 0.323 e. The molecule has 21 heavy (non-hydrogen) atoms. The van der Waals surface area contributed by atoms with Crippen LogP contribution in [0.2, 0.25) is 0 Å². The van der Waals surface area contributed by atoms with Crippen LogP contribution in [0.1, 0.15) is 91.4 Å². The van der Waals surface area contributed by atoms with E-state index in [0.29, 0.717) is 6.61 Å². The molecule has 3 heteroatoms. The van der Waals surface area contributed by atoms with E-state index in [1.54, 1.807) is 0 Å². The molecule has 0 aromatic rings. The maximum atomic E-state index is 11.7. The Morgan fingerprint density at radius 1 is 0.905 bits per heavy atom. The Labute approximate surface area is 132 Å². The Hall–Kier alpha value is -0.570. The zero-order chi connectivity index (χ0) is 15.9. The lowest BCUT2D eigenvalue weighted by Crippen LogP contribution is -2.38. The third kappa shape index (κ3) is 11.7. The number of carbonyl (C=O) groups excluding carboxylic acids is 1. The highest BCUT2D eigenvalue weighted by Gasteiger charge is 2.20. The van der Waals surface area contributed by atoms with Crippen LogP contribution in [0.5, 0.6) is 0 Å². The van der Waals surface area contributed by atoms with Gasteiger partial charge in [0.1, 0.15) is 6.04 Å². The Morgan fingerprint density at radius 3 is 1.86 bits per heavy atom. The highest BCUT2D eigenvalue weighted by molar-refractivity contribution is 5.75. The normalized spacial score (nSPS) is 13.9. The lowest BCUT2D eigenvalue weighted by molar-refractivity contribution is -0.146. The molecule has 0 radical (unpaired) electrons. The van der Waals surface area contributed by atoms with E-state index in [0.717, 1.165) is 19.3 Å². The number of esters is 1. The second-order valence-corrected chi connectivity index (χ2v) is 6.26. The van der Waals surface area contributed by atoms with Crippen molar-refractivity contribution >= 4 is 5.97 Å². The van der Waals surface area contributed by atoms with Gasteiger partial charge < -0.3 is 10.5 Å². The maximum Gasteiger partial charge on any atom is 0.323 e. The molecule has 126 valence electrons. The average Bonchev–Trinajstić information content (AvgIpc) is 2.50. The number of nitrogens with two attached hydrogens (primary N) is 1. The molecule has 0 fully saturated rings. The van der Waals surface area contributed by atoms with Crippen LogP contribution in [0.25, 0.3) is 0 Å². The van der Waals surface area contributed by atoms with Gasteiger partial charge in [0.2, 0.25) is 0 Å². The third-order valence-electron chi connectivity index (χ3n) is 4.27. The SMILES string of the molecule is CCCCCCCCCCCCOC(=O)[C@@H](N)C(C)CC. The minimum Gasteiger partial charge on any atom is -0.465 e. The van der Waals surface area contributed by atoms with Gasteiger partial charge in [-0.2, -0.15) is 0 Å². The van der Waals surface area contributed by atoms with E-state index < -0.39 is 6.04 Å². The van der Waals surface area contributed by atoms with Gasteiger partial charge in [0.15, 0.2) is 0 Å². The third-order valence-corrected chi connectivity index (χ3v) is 4.27. The topological polar surface area (TPSA) is 52.3 Å². The van der Waals surface area contributed by atoms with Gasteiger partial charge >= 0.3 is 5.97 Å². The molecule has 0 bridgehead atoms. The molecule has 2 N–H and O–H groups in total. The van der Waals surface area contributed by atoms with Gasteiger partial charge in [-0.25, -0.2) is 0 Å². The van der Waals surface area contributed by atoms with Crippen molar-refractivity contribution in [1.29, 1.82) is 0 Å². The average molecular weight is 299 g/mol. The van der Waals surface area contributed by atoms with Crippen LogP contribution in [0.3, 0.4) is 0 Å². The summed E-state index contributed by atoms with van der Waals surface area (Å²) >= 11 is 0.